The molecule has 8 heteroatoms. The lowest BCUT2D eigenvalue weighted by atomic mass is 10.2. The van der Waals surface area contributed by atoms with Crippen molar-refractivity contribution < 1.29 is 4.79 Å². The van der Waals surface area contributed by atoms with Gasteiger partial charge in [-0.2, -0.15) is 0 Å². The highest BCUT2D eigenvalue weighted by molar-refractivity contribution is 7.73. The molecule has 0 bridgehead atoms. The first-order chi connectivity index (χ1) is 11.6. The molecule has 1 aliphatic heterocycles. The second kappa shape index (κ2) is 6.10. The highest BCUT2D eigenvalue weighted by Crippen LogP contribution is 2.32. The maximum atomic E-state index is 12.8. The number of nitrogens with zero attached hydrogens (tertiary/aromatic N) is 4. The predicted octanol–water partition coefficient (Wildman–Crippen LogP) is 3.06. The molecular weight excluding hydrogens is 342 g/mol. The Bertz CT molecular complexity index is 957. The average molecular weight is 359 g/mol. The highest BCUT2D eigenvalue weighted by atomic mass is 32.1. The molecule has 0 spiro atoms. The van der Waals surface area contributed by atoms with Gasteiger partial charge >= 0.3 is 0 Å². The summed E-state index contributed by atoms with van der Waals surface area (Å²) in [5.74, 6) is 0.966. The van der Waals surface area contributed by atoms with Crippen LogP contribution < -0.4 is 0 Å². The van der Waals surface area contributed by atoms with Gasteiger partial charge in [-0.3, -0.25) is 9.20 Å². The smallest absolute Gasteiger partial charge is 0.228 e. The number of amides is 1. The number of hydrogen-bond donors (Lipinski definition) is 1. The highest BCUT2D eigenvalue weighted by Gasteiger charge is 2.33. The number of H-pyrrole nitrogens is 1. The van der Waals surface area contributed by atoms with Crippen LogP contribution in [0, 0.1) is 10.9 Å². The number of thiazole rings is 1. The lowest BCUT2D eigenvalue weighted by Gasteiger charge is -2.23. The number of nitrogens with one attached hydrogen (secondary N) is 1. The first kappa shape index (κ1) is 15.5. The van der Waals surface area contributed by atoms with Gasteiger partial charge in [-0.1, -0.05) is 6.07 Å². The van der Waals surface area contributed by atoms with E-state index < -0.39 is 0 Å². The van der Waals surface area contributed by atoms with Crippen LogP contribution in [0.25, 0.3) is 5.65 Å². The van der Waals surface area contributed by atoms with E-state index in [1.165, 1.54) is 11.3 Å². The zero-order chi connectivity index (χ0) is 16.7. The fraction of sp³-hybridized carbons (Fsp3) is 0.375. The van der Waals surface area contributed by atoms with Gasteiger partial charge in [-0.25, -0.2) is 0 Å². The van der Waals surface area contributed by atoms with Crippen LogP contribution in [-0.2, 0) is 11.2 Å². The maximum absolute atomic E-state index is 12.8. The molecule has 0 aliphatic carbocycles. The number of likely N-dealkylation sites (tertiary alicyclic amines) is 1. The van der Waals surface area contributed by atoms with Gasteiger partial charge in [0.25, 0.3) is 0 Å². The van der Waals surface area contributed by atoms with E-state index in [0.29, 0.717) is 6.42 Å². The van der Waals surface area contributed by atoms with Crippen molar-refractivity contribution in [1.82, 2.24) is 24.5 Å². The molecule has 0 unspecified atom stereocenters. The summed E-state index contributed by atoms with van der Waals surface area (Å²) in [7, 11) is 0. The Hall–Kier alpha value is -2.06. The minimum Gasteiger partial charge on any atom is -0.341 e. The molecule has 0 saturated carbocycles. The van der Waals surface area contributed by atoms with Crippen molar-refractivity contribution in [3.63, 3.8) is 0 Å². The maximum Gasteiger partial charge on any atom is 0.228 e. The number of carbonyl (C=O) groups excluding carboxylic acids is 1. The molecule has 0 aromatic carbocycles. The minimum absolute atomic E-state index is 0.0119. The number of aromatic amines is 1. The number of hydrogen-bond acceptors (Lipinski definition) is 5. The van der Waals surface area contributed by atoms with E-state index in [2.05, 4.69) is 15.2 Å². The largest absolute Gasteiger partial charge is 0.341 e. The molecule has 3 aromatic heterocycles. The third-order valence-corrected chi connectivity index (χ3v) is 5.78. The lowest BCUT2D eigenvalue weighted by Crippen LogP contribution is -2.32. The van der Waals surface area contributed by atoms with Crippen molar-refractivity contribution in [3.8, 4) is 0 Å². The third kappa shape index (κ3) is 2.65. The van der Waals surface area contributed by atoms with Gasteiger partial charge < -0.3 is 9.88 Å². The van der Waals surface area contributed by atoms with Crippen LogP contribution in [-0.4, -0.2) is 36.9 Å². The van der Waals surface area contributed by atoms with E-state index in [0.717, 1.165) is 45.4 Å². The zero-order valence-corrected chi connectivity index (χ0v) is 14.9. The van der Waals surface area contributed by atoms with E-state index in [1.54, 1.807) is 0 Å². The van der Waals surface area contributed by atoms with Crippen LogP contribution >= 0.6 is 23.6 Å². The van der Waals surface area contributed by atoms with Crippen LogP contribution in [0.15, 0.2) is 24.4 Å². The quantitative estimate of drug-likeness (QED) is 0.730. The van der Waals surface area contributed by atoms with Gasteiger partial charge in [0.1, 0.15) is 0 Å². The molecule has 1 N–H and O–H groups in total. The number of aromatic nitrogens is 4. The average Bonchev–Trinajstić information content (AvgIpc) is 3.26. The first-order valence-corrected chi connectivity index (χ1v) is 9.13. The van der Waals surface area contributed by atoms with E-state index >= 15 is 0 Å². The van der Waals surface area contributed by atoms with Crippen molar-refractivity contribution >= 4 is 35.1 Å². The Balaban J connectivity index is 1.61. The zero-order valence-electron chi connectivity index (χ0n) is 13.2. The fourth-order valence-corrected chi connectivity index (χ4v) is 4.55. The summed E-state index contributed by atoms with van der Waals surface area (Å²) in [6.07, 6.45) is 4.24. The summed E-state index contributed by atoms with van der Waals surface area (Å²) in [4.78, 5) is 18.9. The van der Waals surface area contributed by atoms with E-state index in [1.807, 2.05) is 40.6 Å². The first-order valence-electron chi connectivity index (χ1n) is 7.91. The topological polar surface area (TPSA) is 66.3 Å². The fourth-order valence-electron chi connectivity index (χ4n) is 3.27. The number of carbonyl (C=O) groups is 1. The molecular formula is C16H17N5OS2. The molecule has 124 valence electrons. The molecule has 24 heavy (non-hydrogen) atoms. The standard InChI is InChI=1S/C16H17N5OS2/c1-10-12(24-16(23)17-10)9-14(22)20-8-4-5-11(20)15-19-18-13-6-2-3-7-21(13)15/h2-3,6-7,11H,4-5,8-9H2,1H3,(H,17,23)/t11-/m0/s1. The summed E-state index contributed by atoms with van der Waals surface area (Å²) >= 11 is 6.65. The van der Waals surface area contributed by atoms with Crippen LogP contribution in [0.2, 0.25) is 0 Å². The molecule has 0 radical (unpaired) electrons. The minimum atomic E-state index is -0.0119. The Morgan fingerprint density at radius 1 is 1.46 bits per heavy atom. The van der Waals surface area contributed by atoms with Crippen LogP contribution in [0.4, 0.5) is 0 Å². The van der Waals surface area contributed by atoms with E-state index in [9.17, 15) is 4.79 Å². The third-order valence-electron chi connectivity index (χ3n) is 4.45. The van der Waals surface area contributed by atoms with Crippen LogP contribution in [0.5, 0.6) is 0 Å². The van der Waals surface area contributed by atoms with Crippen LogP contribution in [0.1, 0.15) is 35.3 Å². The molecule has 4 rings (SSSR count). The van der Waals surface area contributed by atoms with Gasteiger partial charge in [-0.05, 0) is 44.1 Å². The van der Waals surface area contributed by atoms with Gasteiger partial charge in [0.15, 0.2) is 15.4 Å². The Kier molecular flexibility index (Phi) is 3.93. The van der Waals surface area contributed by atoms with Gasteiger partial charge in [0.05, 0.1) is 12.5 Å². The van der Waals surface area contributed by atoms with Crippen molar-refractivity contribution in [3.05, 3.63) is 44.7 Å². The number of fused-ring (bicyclic) bond motifs is 1. The summed E-state index contributed by atoms with van der Waals surface area (Å²) < 4.78 is 2.69. The van der Waals surface area contributed by atoms with Gasteiger partial charge in [-0.15, -0.1) is 21.5 Å². The molecule has 6 nitrogen and oxygen atoms in total. The summed E-state index contributed by atoms with van der Waals surface area (Å²) in [5, 5.41) is 8.55. The van der Waals surface area contributed by atoms with E-state index in [4.69, 9.17) is 12.2 Å². The van der Waals surface area contributed by atoms with Gasteiger partial charge in [0.2, 0.25) is 5.91 Å². The monoisotopic (exact) mass is 359 g/mol. The van der Waals surface area contributed by atoms with Crippen molar-refractivity contribution in [2.75, 3.05) is 6.54 Å². The number of rotatable bonds is 3. The van der Waals surface area contributed by atoms with Crippen molar-refractivity contribution in [2.24, 2.45) is 0 Å². The van der Waals surface area contributed by atoms with E-state index in [-0.39, 0.29) is 11.9 Å². The van der Waals surface area contributed by atoms with Crippen molar-refractivity contribution in [1.29, 1.82) is 0 Å². The van der Waals surface area contributed by atoms with Crippen LogP contribution in [0.3, 0.4) is 0 Å². The molecule has 1 fully saturated rings. The molecule has 1 saturated heterocycles. The molecule has 3 aromatic rings. The molecule has 1 atom stereocenters. The second-order valence-corrected chi connectivity index (χ2v) is 7.74. The lowest BCUT2D eigenvalue weighted by molar-refractivity contribution is -0.131. The molecule has 1 amide bonds. The Morgan fingerprint density at radius 2 is 2.33 bits per heavy atom. The second-order valence-electron chi connectivity index (χ2n) is 5.97. The predicted molar refractivity (Wildman–Crippen MR) is 94.6 cm³/mol. The normalized spacial score (nSPS) is 17.7. The number of pyridine rings is 1. The molecule has 1 aliphatic rings. The van der Waals surface area contributed by atoms with Gasteiger partial charge in [0, 0.05) is 23.3 Å². The Labute approximate surface area is 148 Å². The molecule has 4 heterocycles. The van der Waals surface area contributed by atoms with Crippen molar-refractivity contribution in [2.45, 2.75) is 32.2 Å². The summed E-state index contributed by atoms with van der Waals surface area (Å²) in [5.41, 5.74) is 1.80. The SMILES string of the molecule is Cc1[nH]c(=S)sc1CC(=O)N1CCC[C@H]1c1nnc2ccccn12. The summed E-state index contributed by atoms with van der Waals surface area (Å²) in [6, 6.07) is 5.81. The number of aryl methyl sites for hydroxylation is 1. The summed E-state index contributed by atoms with van der Waals surface area (Å²) in [6.45, 7) is 2.72. The Morgan fingerprint density at radius 3 is 3.12 bits per heavy atom.